The molecule has 0 radical (unpaired) electrons. The molecule has 1 aromatic heterocycles. The van der Waals surface area contributed by atoms with Gasteiger partial charge in [0.2, 0.25) is 11.5 Å². The van der Waals surface area contributed by atoms with E-state index in [9.17, 15) is 14.4 Å². The molecule has 1 aliphatic rings. The smallest absolute Gasteiger partial charge is 0.271 e. The maximum absolute atomic E-state index is 13.3. The van der Waals surface area contributed by atoms with E-state index in [2.05, 4.69) is 10.2 Å². The van der Waals surface area contributed by atoms with Crippen LogP contribution in [0.2, 0.25) is 0 Å². The molecule has 4 rings (SSSR count). The van der Waals surface area contributed by atoms with Crippen LogP contribution in [0.1, 0.15) is 22.8 Å². The van der Waals surface area contributed by atoms with Gasteiger partial charge in [-0.25, -0.2) is 0 Å². The van der Waals surface area contributed by atoms with E-state index in [0.717, 1.165) is 0 Å². The number of aromatic nitrogens is 2. The van der Waals surface area contributed by atoms with Crippen LogP contribution in [0.25, 0.3) is 11.6 Å². The molecule has 170 valence electrons. The maximum atomic E-state index is 13.3. The molecule has 2 heterocycles. The quantitative estimate of drug-likeness (QED) is 0.600. The van der Waals surface area contributed by atoms with E-state index in [-0.39, 0.29) is 16.1 Å². The number of aromatic amines is 2. The van der Waals surface area contributed by atoms with Gasteiger partial charge in [-0.1, -0.05) is 12.1 Å². The van der Waals surface area contributed by atoms with Crippen LogP contribution in [0.15, 0.2) is 41.2 Å². The monoisotopic (exact) mass is 449 g/mol. The van der Waals surface area contributed by atoms with Gasteiger partial charge in [-0.05, 0) is 42.8 Å². The lowest BCUT2D eigenvalue weighted by molar-refractivity contribution is -0.113. The molecule has 2 aromatic carbocycles. The second-order valence-electron chi connectivity index (χ2n) is 7.24. The van der Waals surface area contributed by atoms with Gasteiger partial charge < -0.3 is 19.1 Å². The van der Waals surface area contributed by atoms with Gasteiger partial charge in [0.25, 0.3) is 11.5 Å². The molecular weight excluding hydrogens is 426 g/mol. The van der Waals surface area contributed by atoms with Gasteiger partial charge in [0.05, 0.1) is 37.6 Å². The maximum Gasteiger partial charge on any atom is 0.271 e. The van der Waals surface area contributed by atoms with Gasteiger partial charge in [0, 0.05) is 12.1 Å². The molecule has 0 aliphatic carbocycles. The molecular formula is C24H23N3O6. The van der Waals surface area contributed by atoms with Crippen LogP contribution in [0, 0.1) is 0 Å². The molecule has 0 atom stereocenters. The van der Waals surface area contributed by atoms with E-state index in [4.69, 9.17) is 14.2 Å². The summed E-state index contributed by atoms with van der Waals surface area (Å²) >= 11 is 0. The van der Waals surface area contributed by atoms with E-state index in [0.29, 0.717) is 40.6 Å². The molecule has 0 unspecified atom stereocenters. The average Bonchev–Trinajstić information content (AvgIpc) is 3.18. The number of amides is 1. The fourth-order valence-corrected chi connectivity index (χ4v) is 3.97. The zero-order valence-corrected chi connectivity index (χ0v) is 18.6. The largest absolute Gasteiger partial charge is 0.493 e. The van der Waals surface area contributed by atoms with Crippen molar-refractivity contribution in [2.45, 2.75) is 6.92 Å². The molecule has 9 nitrogen and oxygen atoms in total. The number of carbonyl (C=O) groups is 2. The van der Waals surface area contributed by atoms with Crippen LogP contribution in [0.5, 0.6) is 17.2 Å². The minimum absolute atomic E-state index is 0.104. The summed E-state index contributed by atoms with van der Waals surface area (Å²) in [5.41, 5.74) is 0.919. The van der Waals surface area contributed by atoms with Crippen molar-refractivity contribution in [3.63, 3.8) is 0 Å². The summed E-state index contributed by atoms with van der Waals surface area (Å²) in [4.78, 5) is 40.8. The SMILES string of the molecule is CCN1C(=O)/C(=c2/[nH][nH]c(=O)/c2=C/c2cc(OC)c(OC)c(OC)c2)C(=O)c2ccccc21. The molecule has 1 amide bonds. The minimum Gasteiger partial charge on any atom is -0.493 e. The second kappa shape index (κ2) is 8.70. The number of ketones is 1. The number of fused-ring (bicyclic) bond motifs is 1. The number of anilines is 1. The van der Waals surface area contributed by atoms with Gasteiger partial charge in [-0.3, -0.25) is 24.6 Å². The Morgan fingerprint density at radius 3 is 2.21 bits per heavy atom. The number of rotatable bonds is 5. The van der Waals surface area contributed by atoms with E-state index >= 15 is 0 Å². The first-order valence-corrected chi connectivity index (χ1v) is 10.2. The normalized spacial score (nSPS) is 15.5. The lowest BCUT2D eigenvalue weighted by Crippen LogP contribution is -2.45. The van der Waals surface area contributed by atoms with Gasteiger partial charge in [-0.2, -0.15) is 0 Å². The summed E-state index contributed by atoms with van der Waals surface area (Å²) in [6.07, 6.45) is 1.56. The first kappa shape index (κ1) is 21.9. The number of carbonyl (C=O) groups excluding carboxylic acids is 2. The number of benzene rings is 2. The van der Waals surface area contributed by atoms with Crippen molar-refractivity contribution in [1.82, 2.24) is 10.2 Å². The van der Waals surface area contributed by atoms with Crippen LogP contribution in [-0.2, 0) is 4.79 Å². The Morgan fingerprint density at radius 2 is 1.61 bits per heavy atom. The van der Waals surface area contributed by atoms with E-state index in [1.807, 2.05) is 6.92 Å². The fraction of sp³-hybridized carbons (Fsp3) is 0.208. The highest BCUT2D eigenvalue weighted by atomic mass is 16.5. The molecule has 9 heteroatoms. The average molecular weight is 449 g/mol. The van der Waals surface area contributed by atoms with Crippen molar-refractivity contribution in [3.8, 4) is 17.2 Å². The third-order valence-electron chi connectivity index (χ3n) is 5.50. The Balaban J connectivity index is 2.02. The van der Waals surface area contributed by atoms with E-state index in [1.54, 1.807) is 42.5 Å². The second-order valence-corrected chi connectivity index (χ2v) is 7.24. The number of methoxy groups -OCH3 is 3. The van der Waals surface area contributed by atoms with E-state index in [1.165, 1.54) is 26.2 Å². The lowest BCUT2D eigenvalue weighted by atomic mass is 9.94. The molecule has 0 spiro atoms. The molecule has 33 heavy (non-hydrogen) atoms. The summed E-state index contributed by atoms with van der Waals surface area (Å²) in [5, 5.41) is 5.47. The highest BCUT2D eigenvalue weighted by Gasteiger charge is 2.35. The van der Waals surface area contributed by atoms with Crippen LogP contribution >= 0.6 is 0 Å². The number of nitrogens with one attached hydrogen (secondary N) is 2. The molecule has 1 aliphatic heterocycles. The fourth-order valence-electron chi connectivity index (χ4n) is 3.97. The summed E-state index contributed by atoms with van der Waals surface area (Å²) in [7, 11) is 4.47. The highest BCUT2D eigenvalue weighted by molar-refractivity contribution is 6.51. The molecule has 0 saturated carbocycles. The van der Waals surface area contributed by atoms with Gasteiger partial charge in [0.15, 0.2) is 11.5 Å². The van der Waals surface area contributed by atoms with Crippen LogP contribution < -0.4 is 35.2 Å². The molecule has 0 bridgehead atoms. The van der Waals surface area contributed by atoms with Crippen molar-refractivity contribution < 1.29 is 23.8 Å². The van der Waals surface area contributed by atoms with Gasteiger partial charge in [-0.15, -0.1) is 0 Å². The van der Waals surface area contributed by atoms with Crippen LogP contribution in [-0.4, -0.2) is 49.8 Å². The first-order valence-electron chi connectivity index (χ1n) is 10.2. The Bertz CT molecular complexity index is 1410. The zero-order chi connectivity index (χ0) is 23.7. The third-order valence-corrected chi connectivity index (χ3v) is 5.50. The number of hydrogen-bond acceptors (Lipinski definition) is 6. The number of hydrogen-bond donors (Lipinski definition) is 2. The summed E-state index contributed by atoms with van der Waals surface area (Å²) in [6.45, 7) is 2.19. The Morgan fingerprint density at radius 1 is 0.939 bits per heavy atom. The van der Waals surface area contributed by atoms with Gasteiger partial charge >= 0.3 is 0 Å². The van der Waals surface area contributed by atoms with Gasteiger partial charge in [0.1, 0.15) is 5.57 Å². The Labute approximate surface area is 188 Å². The predicted octanol–water partition coefficient (Wildman–Crippen LogP) is 0.958. The molecule has 0 saturated heterocycles. The van der Waals surface area contributed by atoms with Crippen LogP contribution in [0.3, 0.4) is 0 Å². The third kappa shape index (κ3) is 3.57. The molecule has 3 aromatic rings. The summed E-state index contributed by atoms with van der Waals surface area (Å²) < 4.78 is 16.1. The van der Waals surface area contributed by atoms with Crippen molar-refractivity contribution in [2.24, 2.45) is 0 Å². The lowest BCUT2D eigenvalue weighted by Gasteiger charge is -2.28. The van der Waals surface area contributed by atoms with E-state index < -0.39 is 17.2 Å². The highest BCUT2D eigenvalue weighted by Crippen LogP contribution is 2.38. The number of para-hydroxylation sites is 1. The predicted molar refractivity (Wildman–Crippen MR) is 123 cm³/mol. The van der Waals surface area contributed by atoms with Crippen LogP contribution in [0.4, 0.5) is 5.69 Å². The minimum atomic E-state index is -0.478. The van der Waals surface area contributed by atoms with Crippen molar-refractivity contribution in [2.75, 3.05) is 32.8 Å². The zero-order valence-electron chi connectivity index (χ0n) is 18.6. The molecule has 2 N–H and O–H groups in total. The standard InChI is InChI=1S/C24H23N3O6/c1-5-27-16-9-7-6-8-14(16)21(28)19(24(27)30)20-15(23(29)26-25-20)10-13-11-17(31-2)22(33-4)18(12-13)32-3/h6-12,25H,5H2,1-4H3,(H,26,29)/b15-10+,20-19+. The number of nitrogens with zero attached hydrogens (tertiary/aromatic N) is 1. The van der Waals surface area contributed by atoms with Crippen molar-refractivity contribution >= 4 is 29.0 Å². The first-order chi connectivity index (χ1) is 15.9. The molecule has 0 fully saturated rings. The number of H-pyrrole nitrogens is 2. The summed E-state index contributed by atoms with van der Waals surface area (Å²) in [6, 6.07) is 10.2. The Kier molecular flexibility index (Phi) is 5.78. The summed E-state index contributed by atoms with van der Waals surface area (Å²) in [5.74, 6) is 0.286. The Hall–Kier alpha value is -4.27. The number of ether oxygens (including phenoxy) is 3. The number of Topliss-reactive ketones (excluding diaryl/α,β-unsaturated/α-hetero) is 1. The topological polar surface area (TPSA) is 114 Å². The van der Waals surface area contributed by atoms with Crippen molar-refractivity contribution in [3.05, 3.63) is 68.4 Å². The van der Waals surface area contributed by atoms with Crippen molar-refractivity contribution in [1.29, 1.82) is 0 Å².